The third-order valence-corrected chi connectivity index (χ3v) is 4.61. The number of aromatic nitrogens is 3. The highest BCUT2D eigenvalue weighted by Gasteiger charge is 2.20. The zero-order valence-corrected chi connectivity index (χ0v) is 13.7. The van der Waals surface area contributed by atoms with Crippen LogP contribution in [0.3, 0.4) is 0 Å². The number of rotatable bonds is 5. The van der Waals surface area contributed by atoms with E-state index in [0.29, 0.717) is 0 Å². The molecule has 0 saturated carbocycles. The maximum Gasteiger partial charge on any atom is 0.115 e. The van der Waals surface area contributed by atoms with Crippen LogP contribution in [-0.2, 0) is 17.7 Å². The van der Waals surface area contributed by atoms with Crippen LogP contribution in [0.5, 0.6) is 0 Å². The molecular formula is C19H22N4O. The Morgan fingerprint density at radius 3 is 3.17 bits per heavy atom. The van der Waals surface area contributed by atoms with Gasteiger partial charge in [0.25, 0.3) is 0 Å². The van der Waals surface area contributed by atoms with E-state index in [1.165, 1.54) is 16.5 Å². The predicted molar refractivity (Wildman–Crippen MR) is 93.7 cm³/mol. The smallest absolute Gasteiger partial charge is 0.115 e. The van der Waals surface area contributed by atoms with Gasteiger partial charge >= 0.3 is 0 Å². The van der Waals surface area contributed by atoms with Gasteiger partial charge in [0.05, 0.1) is 12.7 Å². The van der Waals surface area contributed by atoms with Gasteiger partial charge in [-0.1, -0.05) is 12.1 Å². The Bertz CT molecular complexity index is 786. The maximum absolute atomic E-state index is 5.93. The molecule has 1 aliphatic rings. The van der Waals surface area contributed by atoms with Crippen LogP contribution in [0, 0.1) is 0 Å². The molecule has 4 rings (SSSR count). The van der Waals surface area contributed by atoms with Crippen molar-refractivity contribution in [2.75, 3.05) is 19.7 Å². The zero-order chi connectivity index (χ0) is 16.2. The second-order valence-electron chi connectivity index (χ2n) is 6.37. The van der Waals surface area contributed by atoms with Crippen LogP contribution >= 0.6 is 0 Å². The Morgan fingerprint density at radius 2 is 2.25 bits per heavy atom. The van der Waals surface area contributed by atoms with E-state index >= 15 is 0 Å². The summed E-state index contributed by atoms with van der Waals surface area (Å²) in [5, 5.41) is 1.27. The highest BCUT2D eigenvalue weighted by molar-refractivity contribution is 5.79. The minimum Gasteiger partial charge on any atom is -0.376 e. The summed E-state index contributed by atoms with van der Waals surface area (Å²) in [6, 6.07) is 10.7. The number of morpholine rings is 1. The predicted octanol–water partition coefficient (Wildman–Crippen LogP) is 2.79. The van der Waals surface area contributed by atoms with Crippen molar-refractivity contribution < 1.29 is 4.74 Å². The Morgan fingerprint density at radius 1 is 1.25 bits per heavy atom. The number of ether oxygens (including phenoxy) is 1. The lowest BCUT2D eigenvalue weighted by molar-refractivity contribution is -0.0346. The molecule has 1 saturated heterocycles. The number of aromatic amines is 1. The number of aryl methyl sites for hydroxylation is 1. The molecule has 3 heterocycles. The number of fused-ring (bicyclic) bond motifs is 1. The molecule has 5 nitrogen and oxygen atoms in total. The van der Waals surface area contributed by atoms with Crippen molar-refractivity contribution in [1.29, 1.82) is 0 Å². The van der Waals surface area contributed by atoms with Crippen LogP contribution in [0.25, 0.3) is 10.9 Å². The van der Waals surface area contributed by atoms with Crippen molar-refractivity contribution in [3.8, 4) is 0 Å². The molecule has 0 bridgehead atoms. The van der Waals surface area contributed by atoms with Gasteiger partial charge < -0.3 is 9.72 Å². The molecule has 0 spiro atoms. The lowest BCUT2D eigenvalue weighted by Gasteiger charge is -2.33. The van der Waals surface area contributed by atoms with E-state index in [4.69, 9.17) is 4.74 Å². The number of benzene rings is 1. The number of nitrogens with one attached hydrogen (secondary N) is 1. The fourth-order valence-electron chi connectivity index (χ4n) is 3.33. The summed E-state index contributed by atoms with van der Waals surface area (Å²) in [5.41, 5.74) is 3.64. The van der Waals surface area contributed by atoms with Gasteiger partial charge in [0.15, 0.2) is 0 Å². The van der Waals surface area contributed by atoms with Crippen LogP contribution < -0.4 is 0 Å². The quantitative estimate of drug-likeness (QED) is 0.785. The van der Waals surface area contributed by atoms with Crippen molar-refractivity contribution in [2.45, 2.75) is 25.5 Å². The minimum absolute atomic E-state index is 0.280. The van der Waals surface area contributed by atoms with Crippen LogP contribution in [0.2, 0.25) is 0 Å². The highest BCUT2D eigenvalue weighted by Crippen LogP contribution is 2.18. The molecule has 1 aromatic carbocycles. The molecule has 5 heteroatoms. The van der Waals surface area contributed by atoms with E-state index in [1.807, 2.05) is 12.3 Å². The van der Waals surface area contributed by atoms with Crippen LogP contribution in [0.15, 0.2) is 49.1 Å². The third kappa shape index (κ3) is 3.63. The molecule has 1 N–H and O–H groups in total. The van der Waals surface area contributed by atoms with Gasteiger partial charge in [0.1, 0.15) is 6.33 Å². The first-order valence-corrected chi connectivity index (χ1v) is 8.52. The summed E-state index contributed by atoms with van der Waals surface area (Å²) in [7, 11) is 0. The molecule has 1 fully saturated rings. The zero-order valence-electron chi connectivity index (χ0n) is 13.7. The summed E-state index contributed by atoms with van der Waals surface area (Å²) in [6.07, 6.45) is 7.63. The monoisotopic (exact) mass is 322 g/mol. The van der Waals surface area contributed by atoms with Gasteiger partial charge in [-0.25, -0.2) is 9.97 Å². The summed E-state index contributed by atoms with van der Waals surface area (Å²) >= 11 is 0. The van der Waals surface area contributed by atoms with Gasteiger partial charge in [-0.15, -0.1) is 0 Å². The number of hydrogen-bond acceptors (Lipinski definition) is 4. The lowest BCUT2D eigenvalue weighted by atomic mass is 10.1. The molecule has 3 aromatic rings. The molecule has 0 radical (unpaired) electrons. The van der Waals surface area contributed by atoms with Crippen molar-refractivity contribution in [2.24, 2.45) is 0 Å². The second-order valence-corrected chi connectivity index (χ2v) is 6.37. The molecule has 0 unspecified atom stereocenters. The van der Waals surface area contributed by atoms with Gasteiger partial charge in [-0.05, 0) is 42.0 Å². The molecule has 0 aliphatic carbocycles. The summed E-state index contributed by atoms with van der Waals surface area (Å²) < 4.78 is 5.93. The fraction of sp³-hybridized carbons (Fsp3) is 0.368. The Kier molecular flexibility index (Phi) is 4.53. The van der Waals surface area contributed by atoms with Crippen LogP contribution in [0.1, 0.15) is 17.7 Å². The topological polar surface area (TPSA) is 54.0 Å². The summed E-state index contributed by atoms with van der Waals surface area (Å²) in [6.45, 7) is 3.75. The van der Waals surface area contributed by atoms with E-state index in [1.54, 1.807) is 12.5 Å². The lowest BCUT2D eigenvalue weighted by Crippen LogP contribution is -2.42. The average molecular weight is 322 g/mol. The number of H-pyrrole nitrogens is 1. The molecular weight excluding hydrogens is 300 g/mol. The van der Waals surface area contributed by atoms with E-state index in [-0.39, 0.29) is 6.10 Å². The van der Waals surface area contributed by atoms with Crippen molar-refractivity contribution in [1.82, 2.24) is 19.9 Å². The first-order chi connectivity index (χ1) is 11.9. The van der Waals surface area contributed by atoms with Crippen LogP contribution in [-0.4, -0.2) is 45.7 Å². The average Bonchev–Trinajstić information content (AvgIpc) is 3.09. The van der Waals surface area contributed by atoms with Crippen LogP contribution in [0.4, 0.5) is 0 Å². The van der Waals surface area contributed by atoms with Crippen molar-refractivity contribution in [3.63, 3.8) is 0 Å². The van der Waals surface area contributed by atoms with Gasteiger partial charge in [0.2, 0.25) is 0 Å². The van der Waals surface area contributed by atoms with Gasteiger partial charge in [0, 0.05) is 43.2 Å². The molecule has 1 aliphatic heterocycles. The van der Waals surface area contributed by atoms with E-state index in [0.717, 1.165) is 44.8 Å². The standard InChI is InChI=1S/C19H22N4O/c1-2-16-5-8-21-19(16)11-15(1)12-23-9-10-24-18(13-23)4-3-17-6-7-20-14-22-17/h1-2,5-8,11,14,18,21H,3-4,9-10,12-13H2/t18-/m1/s1. The Balaban J connectivity index is 1.34. The van der Waals surface area contributed by atoms with E-state index < -0.39 is 0 Å². The first kappa shape index (κ1) is 15.3. The summed E-state index contributed by atoms with van der Waals surface area (Å²) in [4.78, 5) is 14.0. The number of hydrogen-bond donors (Lipinski definition) is 1. The van der Waals surface area contributed by atoms with E-state index in [9.17, 15) is 0 Å². The second kappa shape index (κ2) is 7.11. The first-order valence-electron chi connectivity index (χ1n) is 8.52. The third-order valence-electron chi connectivity index (χ3n) is 4.61. The van der Waals surface area contributed by atoms with E-state index in [2.05, 4.69) is 44.1 Å². The Labute approximate surface area is 141 Å². The van der Waals surface area contributed by atoms with Crippen molar-refractivity contribution >= 4 is 10.9 Å². The SMILES string of the molecule is c1cc(CC[C@@H]2CN(Cc3ccc4cc[nH]c4c3)CCO2)ncn1. The van der Waals surface area contributed by atoms with Gasteiger partial charge in [-0.2, -0.15) is 0 Å². The van der Waals surface area contributed by atoms with Crippen molar-refractivity contribution in [3.05, 3.63) is 60.3 Å². The molecule has 1 atom stereocenters. The normalized spacial score (nSPS) is 18.9. The molecule has 2 aromatic heterocycles. The molecule has 0 amide bonds. The van der Waals surface area contributed by atoms with Gasteiger partial charge in [-0.3, -0.25) is 4.90 Å². The highest BCUT2D eigenvalue weighted by atomic mass is 16.5. The molecule has 124 valence electrons. The summed E-state index contributed by atoms with van der Waals surface area (Å²) in [5.74, 6) is 0. The Hall–Kier alpha value is -2.24. The largest absolute Gasteiger partial charge is 0.376 e. The fourth-order valence-corrected chi connectivity index (χ4v) is 3.33. The number of nitrogens with zero attached hydrogens (tertiary/aromatic N) is 3. The molecule has 24 heavy (non-hydrogen) atoms. The maximum atomic E-state index is 5.93. The minimum atomic E-state index is 0.280.